The molecule has 0 amide bonds. The maximum absolute atomic E-state index is 13.0. The third-order valence-corrected chi connectivity index (χ3v) is 5.72. The Morgan fingerprint density at radius 2 is 2.00 bits per heavy atom. The van der Waals surface area contributed by atoms with Gasteiger partial charge in [-0.2, -0.15) is 4.98 Å². The summed E-state index contributed by atoms with van der Waals surface area (Å²) < 4.78 is 42.7. The van der Waals surface area contributed by atoms with E-state index >= 15 is 0 Å². The van der Waals surface area contributed by atoms with Crippen LogP contribution in [0.25, 0.3) is 11.7 Å². The van der Waals surface area contributed by atoms with E-state index < -0.39 is 9.84 Å². The molecule has 2 heterocycles. The molecule has 0 saturated carbocycles. The number of hydrogen-bond donors (Lipinski definition) is 1. The molecule has 7 nitrogen and oxygen atoms in total. The van der Waals surface area contributed by atoms with E-state index in [2.05, 4.69) is 26.2 Å². The maximum Gasteiger partial charge on any atom is 0.266 e. The fourth-order valence-corrected chi connectivity index (χ4v) is 3.79. The van der Waals surface area contributed by atoms with E-state index in [1.807, 2.05) is 0 Å². The molecule has 0 bridgehead atoms. The highest BCUT2D eigenvalue weighted by Crippen LogP contribution is 2.32. The largest absolute Gasteiger partial charge is 0.459 e. The van der Waals surface area contributed by atoms with Gasteiger partial charge < -0.3 is 18.9 Å². The van der Waals surface area contributed by atoms with Crippen LogP contribution in [-0.2, 0) is 14.6 Å². The molecule has 26 heavy (non-hydrogen) atoms. The average Bonchev–Trinajstić information content (AvgIpc) is 3.29. The van der Waals surface area contributed by atoms with Gasteiger partial charge in [0, 0.05) is 24.7 Å². The average molecular weight is 441 g/mol. The van der Waals surface area contributed by atoms with Crippen molar-refractivity contribution >= 4 is 31.7 Å². The lowest BCUT2D eigenvalue weighted by Crippen LogP contribution is -2.09. The van der Waals surface area contributed by atoms with Crippen LogP contribution in [0.2, 0.25) is 0 Å². The molecule has 0 radical (unpaired) electrons. The molecule has 0 unspecified atom stereocenters. The van der Waals surface area contributed by atoms with E-state index in [0.717, 1.165) is 4.47 Å². The van der Waals surface area contributed by atoms with E-state index in [1.54, 1.807) is 31.4 Å². The van der Waals surface area contributed by atoms with Gasteiger partial charge in [-0.1, -0.05) is 15.9 Å². The van der Waals surface area contributed by atoms with Crippen molar-refractivity contribution in [3.8, 4) is 11.7 Å². The third-order valence-electron chi connectivity index (χ3n) is 3.52. The fourth-order valence-electron chi connectivity index (χ4n) is 2.25. The molecular formula is C17H17BrN2O5S. The van der Waals surface area contributed by atoms with Crippen LogP contribution in [0.15, 0.2) is 65.9 Å². The van der Waals surface area contributed by atoms with Crippen molar-refractivity contribution in [3.05, 3.63) is 47.1 Å². The minimum atomic E-state index is -3.86. The second-order valence-corrected chi connectivity index (χ2v) is 8.14. The zero-order chi connectivity index (χ0) is 18.6. The van der Waals surface area contributed by atoms with Crippen molar-refractivity contribution < 1.29 is 22.0 Å². The van der Waals surface area contributed by atoms with Crippen molar-refractivity contribution in [2.24, 2.45) is 0 Å². The number of methoxy groups -OCH3 is 1. The van der Waals surface area contributed by atoms with Gasteiger partial charge >= 0.3 is 0 Å². The number of sulfone groups is 1. The lowest BCUT2D eigenvalue weighted by Gasteiger charge is -2.06. The quantitative estimate of drug-likeness (QED) is 0.529. The van der Waals surface area contributed by atoms with E-state index in [1.165, 1.54) is 18.4 Å². The lowest BCUT2D eigenvalue weighted by molar-refractivity contribution is 0.197. The first-order valence-corrected chi connectivity index (χ1v) is 10.1. The standard InChI is InChI=1S/C17H17BrN2O5S/c1-23-10-3-9-19-16-17(20-15(25-16)14-4-2-11-24-14)26(21,22)13-7-5-12(18)6-8-13/h2,4-8,11,19H,3,9-10H2,1H3. The second kappa shape index (κ2) is 8.07. The van der Waals surface area contributed by atoms with Gasteiger partial charge in [0.2, 0.25) is 20.7 Å². The topological polar surface area (TPSA) is 94.6 Å². The summed E-state index contributed by atoms with van der Waals surface area (Å²) in [7, 11) is -2.26. The highest BCUT2D eigenvalue weighted by atomic mass is 79.9. The van der Waals surface area contributed by atoms with Crippen molar-refractivity contribution in [2.45, 2.75) is 16.3 Å². The number of ether oxygens (including phenoxy) is 1. The number of halogens is 1. The van der Waals surface area contributed by atoms with E-state index in [-0.39, 0.29) is 21.7 Å². The van der Waals surface area contributed by atoms with E-state index in [4.69, 9.17) is 13.6 Å². The van der Waals surface area contributed by atoms with Crippen molar-refractivity contribution in [3.63, 3.8) is 0 Å². The fraction of sp³-hybridized carbons (Fsp3) is 0.235. The van der Waals surface area contributed by atoms with Gasteiger partial charge in [0.1, 0.15) is 0 Å². The summed E-state index contributed by atoms with van der Waals surface area (Å²) in [6.07, 6.45) is 2.15. The minimum Gasteiger partial charge on any atom is -0.459 e. The second-order valence-electron chi connectivity index (χ2n) is 5.36. The smallest absolute Gasteiger partial charge is 0.266 e. The van der Waals surface area contributed by atoms with Crippen LogP contribution >= 0.6 is 15.9 Å². The molecule has 0 aliphatic rings. The number of oxazole rings is 1. The predicted molar refractivity (Wildman–Crippen MR) is 98.8 cm³/mol. The Balaban J connectivity index is 1.99. The van der Waals surface area contributed by atoms with Crippen molar-refractivity contribution in [1.29, 1.82) is 0 Å². The number of furan rings is 1. The van der Waals surface area contributed by atoms with Gasteiger partial charge in [-0.25, -0.2) is 8.42 Å². The van der Waals surface area contributed by atoms with Crippen LogP contribution in [0.5, 0.6) is 0 Å². The Labute approximate surface area is 159 Å². The third kappa shape index (κ3) is 4.00. The van der Waals surface area contributed by atoms with Gasteiger partial charge in [0.05, 0.1) is 11.2 Å². The highest BCUT2D eigenvalue weighted by molar-refractivity contribution is 9.10. The molecule has 0 saturated heterocycles. The molecule has 0 aliphatic heterocycles. The van der Waals surface area contributed by atoms with Gasteiger partial charge in [-0.3, -0.25) is 0 Å². The Bertz CT molecular complexity index is 950. The molecular weight excluding hydrogens is 424 g/mol. The number of aromatic nitrogens is 1. The number of rotatable bonds is 8. The molecule has 2 aromatic heterocycles. The molecule has 3 rings (SSSR count). The monoisotopic (exact) mass is 440 g/mol. The summed E-state index contributed by atoms with van der Waals surface area (Å²) in [6, 6.07) is 9.66. The number of hydrogen-bond acceptors (Lipinski definition) is 7. The van der Waals surface area contributed by atoms with Crippen LogP contribution < -0.4 is 5.32 Å². The van der Waals surface area contributed by atoms with Gasteiger partial charge in [0.25, 0.3) is 5.89 Å². The zero-order valence-corrected chi connectivity index (χ0v) is 16.3. The summed E-state index contributed by atoms with van der Waals surface area (Å²) in [5.74, 6) is 0.526. The van der Waals surface area contributed by atoms with E-state index in [9.17, 15) is 8.42 Å². The Morgan fingerprint density at radius 1 is 1.23 bits per heavy atom. The van der Waals surface area contributed by atoms with Crippen molar-refractivity contribution in [1.82, 2.24) is 4.98 Å². The minimum absolute atomic E-state index is 0.0791. The first kappa shape index (κ1) is 18.7. The van der Waals surface area contributed by atoms with Gasteiger partial charge in [0.15, 0.2) is 5.76 Å². The number of benzene rings is 1. The summed E-state index contributed by atoms with van der Waals surface area (Å²) in [4.78, 5) is 4.29. The SMILES string of the molecule is COCCCNc1oc(-c2ccco2)nc1S(=O)(=O)c1ccc(Br)cc1. The highest BCUT2D eigenvalue weighted by Gasteiger charge is 2.29. The Hall–Kier alpha value is -2.10. The number of nitrogens with zero attached hydrogens (tertiary/aromatic N) is 1. The molecule has 0 spiro atoms. The molecule has 9 heteroatoms. The molecule has 1 N–H and O–H groups in total. The lowest BCUT2D eigenvalue weighted by atomic mass is 10.4. The number of anilines is 1. The number of nitrogens with one attached hydrogen (secondary N) is 1. The predicted octanol–water partition coefficient (Wildman–Crippen LogP) is 3.98. The molecule has 3 aromatic rings. The van der Waals surface area contributed by atoms with Gasteiger partial charge in [-0.15, -0.1) is 0 Å². The van der Waals surface area contributed by atoms with Crippen LogP contribution in [0.3, 0.4) is 0 Å². The first-order chi connectivity index (χ1) is 12.5. The first-order valence-electron chi connectivity index (χ1n) is 7.80. The molecule has 0 atom stereocenters. The van der Waals surface area contributed by atoms with Crippen LogP contribution in [0, 0.1) is 0 Å². The van der Waals surface area contributed by atoms with Crippen molar-refractivity contribution in [2.75, 3.05) is 25.6 Å². The summed E-state index contributed by atoms with van der Waals surface area (Å²) >= 11 is 3.30. The Kier molecular flexibility index (Phi) is 5.80. The van der Waals surface area contributed by atoms with Gasteiger partial charge in [-0.05, 0) is 42.8 Å². The zero-order valence-electron chi connectivity index (χ0n) is 13.9. The van der Waals surface area contributed by atoms with Crippen LogP contribution in [0.4, 0.5) is 5.88 Å². The summed E-state index contributed by atoms with van der Waals surface area (Å²) in [5.41, 5.74) is 0. The molecule has 0 aliphatic carbocycles. The van der Waals surface area contributed by atoms with Crippen LogP contribution in [-0.4, -0.2) is 33.7 Å². The maximum atomic E-state index is 13.0. The Morgan fingerprint density at radius 3 is 2.65 bits per heavy atom. The molecule has 1 aromatic carbocycles. The van der Waals surface area contributed by atoms with Crippen LogP contribution in [0.1, 0.15) is 6.42 Å². The normalized spacial score (nSPS) is 11.6. The van der Waals surface area contributed by atoms with E-state index in [0.29, 0.717) is 25.3 Å². The summed E-state index contributed by atoms with van der Waals surface area (Å²) in [5, 5.41) is 2.80. The summed E-state index contributed by atoms with van der Waals surface area (Å²) in [6.45, 7) is 1.02. The molecule has 138 valence electrons. The molecule has 0 fully saturated rings.